The summed E-state index contributed by atoms with van der Waals surface area (Å²) in [5.41, 5.74) is 2.43. The van der Waals surface area contributed by atoms with Crippen molar-refractivity contribution < 1.29 is 24.5 Å². The molecule has 4 atom stereocenters. The first-order valence-electron chi connectivity index (χ1n) is 9.38. The average Bonchev–Trinajstić information content (AvgIpc) is 2.92. The Kier molecular flexibility index (Phi) is 5.74. The molecule has 2 fully saturated rings. The van der Waals surface area contributed by atoms with E-state index in [-0.39, 0.29) is 23.9 Å². The lowest BCUT2D eigenvalue weighted by molar-refractivity contribution is -0.201. The van der Waals surface area contributed by atoms with Crippen molar-refractivity contribution in [2.24, 2.45) is 5.92 Å². The van der Waals surface area contributed by atoms with Crippen molar-refractivity contribution in [2.45, 2.75) is 63.1 Å². The number of hydrogen-bond acceptors (Lipinski definition) is 8. The van der Waals surface area contributed by atoms with Crippen LogP contribution in [-0.4, -0.2) is 50.7 Å². The number of carbonyl (C=O) groups excluding carboxylic acids is 1. The molecule has 152 valence electrons. The van der Waals surface area contributed by atoms with Crippen molar-refractivity contribution in [3.63, 3.8) is 0 Å². The molecule has 1 aromatic rings. The smallest absolute Gasteiger partial charge is 0.363 e. The Morgan fingerprint density at radius 2 is 2.14 bits per heavy atom. The molecule has 2 heterocycles. The summed E-state index contributed by atoms with van der Waals surface area (Å²) in [6.45, 7) is 1.61. The van der Waals surface area contributed by atoms with Crippen molar-refractivity contribution in [3.8, 4) is 12.3 Å². The standard InChI is InChI=1S/C19H25N3O6/c1-3-13-9-22(18(26)21-16(13)20)19(15(24)14(23)11(2)28-19)17(25)27-10-12-7-5-4-6-8-12/h1,9,11-12,14-15,23-24H,4-8,10H2,2H3,(H2,20,21,26)/t11-,14-,15-,19+/m1/s1. The Morgan fingerprint density at radius 1 is 1.46 bits per heavy atom. The second-order valence-electron chi connectivity index (χ2n) is 7.39. The molecule has 0 aromatic carbocycles. The van der Waals surface area contributed by atoms with Crippen molar-refractivity contribution in [2.75, 3.05) is 12.3 Å². The Labute approximate surface area is 162 Å². The third-order valence-electron chi connectivity index (χ3n) is 5.51. The van der Waals surface area contributed by atoms with Gasteiger partial charge in [-0.05, 0) is 25.7 Å². The number of aromatic nitrogens is 2. The third kappa shape index (κ3) is 3.39. The number of anilines is 1. The third-order valence-corrected chi connectivity index (χ3v) is 5.51. The van der Waals surface area contributed by atoms with Gasteiger partial charge in [0, 0.05) is 6.20 Å². The quantitative estimate of drug-likeness (QED) is 0.471. The monoisotopic (exact) mass is 391 g/mol. The first-order chi connectivity index (χ1) is 13.3. The molecule has 0 amide bonds. The Balaban J connectivity index is 1.99. The van der Waals surface area contributed by atoms with Gasteiger partial charge in [0.15, 0.2) is 0 Å². The summed E-state index contributed by atoms with van der Waals surface area (Å²) < 4.78 is 11.8. The minimum absolute atomic E-state index is 0.0453. The molecule has 0 spiro atoms. The molecule has 0 bridgehead atoms. The van der Waals surface area contributed by atoms with E-state index in [2.05, 4.69) is 10.9 Å². The van der Waals surface area contributed by atoms with E-state index >= 15 is 0 Å². The summed E-state index contributed by atoms with van der Waals surface area (Å²) >= 11 is 0. The first-order valence-corrected chi connectivity index (χ1v) is 9.38. The molecular formula is C19H25N3O6. The van der Waals surface area contributed by atoms with E-state index in [4.69, 9.17) is 21.6 Å². The number of nitrogens with two attached hydrogens (primary N) is 1. The number of aliphatic hydroxyl groups excluding tert-OH is 2. The molecule has 2 aliphatic rings. The lowest BCUT2D eigenvalue weighted by atomic mass is 9.90. The van der Waals surface area contributed by atoms with E-state index in [0.717, 1.165) is 42.9 Å². The highest BCUT2D eigenvalue weighted by atomic mass is 16.6. The highest BCUT2D eigenvalue weighted by molar-refractivity contribution is 5.79. The fraction of sp³-hybridized carbons (Fsp3) is 0.632. The predicted molar refractivity (Wildman–Crippen MR) is 98.9 cm³/mol. The van der Waals surface area contributed by atoms with Gasteiger partial charge in [0.25, 0.3) is 5.72 Å². The predicted octanol–water partition coefficient (Wildman–Crippen LogP) is -0.276. The van der Waals surface area contributed by atoms with Gasteiger partial charge in [-0.3, -0.25) is 4.57 Å². The Hall–Kier alpha value is -2.41. The number of ether oxygens (including phenoxy) is 2. The van der Waals surface area contributed by atoms with Crippen LogP contribution in [0, 0.1) is 18.3 Å². The van der Waals surface area contributed by atoms with E-state index in [9.17, 15) is 19.8 Å². The molecule has 3 rings (SSSR count). The van der Waals surface area contributed by atoms with E-state index in [1.807, 2.05) is 0 Å². The molecule has 1 saturated heterocycles. The van der Waals surface area contributed by atoms with Crippen molar-refractivity contribution >= 4 is 11.8 Å². The normalized spacial score (nSPS) is 30.7. The SMILES string of the molecule is C#Cc1cn([C@]2(C(=O)OCC3CCCCC3)O[C@H](C)[C@@H](O)[C@H]2O)c(=O)nc1N. The van der Waals surface area contributed by atoms with Gasteiger partial charge in [-0.15, -0.1) is 6.42 Å². The highest BCUT2D eigenvalue weighted by Crippen LogP contribution is 2.37. The fourth-order valence-corrected chi connectivity index (χ4v) is 3.85. The summed E-state index contributed by atoms with van der Waals surface area (Å²) in [6.07, 6.45) is 7.54. The highest BCUT2D eigenvalue weighted by Gasteiger charge is 2.61. The van der Waals surface area contributed by atoms with Gasteiger partial charge < -0.3 is 25.4 Å². The lowest BCUT2D eigenvalue weighted by Crippen LogP contribution is -2.57. The van der Waals surface area contributed by atoms with E-state index in [1.54, 1.807) is 0 Å². The second-order valence-corrected chi connectivity index (χ2v) is 7.39. The molecule has 1 aliphatic carbocycles. The van der Waals surface area contributed by atoms with Gasteiger partial charge in [0.2, 0.25) is 0 Å². The maximum absolute atomic E-state index is 13.1. The number of nitrogens with zero attached hydrogens (tertiary/aromatic N) is 2. The number of carbonyl (C=O) groups is 1. The van der Waals surface area contributed by atoms with Crippen LogP contribution < -0.4 is 11.4 Å². The summed E-state index contributed by atoms with van der Waals surface area (Å²) in [6, 6.07) is 0. The number of hydrogen-bond donors (Lipinski definition) is 3. The van der Waals surface area contributed by atoms with E-state index in [0.29, 0.717) is 0 Å². The van der Waals surface area contributed by atoms with Crippen LogP contribution in [-0.2, 0) is 20.0 Å². The Morgan fingerprint density at radius 3 is 2.71 bits per heavy atom. The maximum Gasteiger partial charge on any atom is 0.363 e. The topological polar surface area (TPSA) is 137 Å². The van der Waals surface area contributed by atoms with Crippen LogP contribution in [0.1, 0.15) is 44.6 Å². The largest absolute Gasteiger partial charge is 0.462 e. The lowest BCUT2D eigenvalue weighted by Gasteiger charge is -2.32. The summed E-state index contributed by atoms with van der Waals surface area (Å²) in [7, 11) is 0. The average molecular weight is 391 g/mol. The molecule has 1 aliphatic heterocycles. The van der Waals surface area contributed by atoms with Gasteiger partial charge in [-0.2, -0.15) is 4.98 Å². The molecule has 0 radical (unpaired) electrons. The minimum Gasteiger partial charge on any atom is -0.462 e. The van der Waals surface area contributed by atoms with Crippen LogP contribution in [0.5, 0.6) is 0 Å². The van der Waals surface area contributed by atoms with Crippen LogP contribution in [0.3, 0.4) is 0 Å². The zero-order valence-corrected chi connectivity index (χ0v) is 15.7. The molecule has 0 unspecified atom stereocenters. The van der Waals surface area contributed by atoms with Crippen molar-refractivity contribution in [1.29, 1.82) is 0 Å². The first kappa shape index (κ1) is 20.3. The van der Waals surface area contributed by atoms with Crippen molar-refractivity contribution in [3.05, 3.63) is 22.2 Å². The zero-order chi connectivity index (χ0) is 20.5. The van der Waals surface area contributed by atoms with Gasteiger partial charge in [-0.25, -0.2) is 9.59 Å². The fourth-order valence-electron chi connectivity index (χ4n) is 3.85. The number of aliphatic hydroxyl groups is 2. The number of esters is 1. The molecule has 28 heavy (non-hydrogen) atoms. The maximum atomic E-state index is 13.1. The van der Waals surface area contributed by atoms with E-state index < -0.39 is 35.7 Å². The van der Waals surface area contributed by atoms with Crippen LogP contribution in [0.15, 0.2) is 11.0 Å². The van der Waals surface area contributed by atoms with E-state index in [1.165, 1.54) is 6.92 Å². The summed E-state index contributed by atoms with van der Waals surface area (Å²) in [4.78, 5) is 29.2. The van der Waals surface area contributed by atoms with Crippen molar-refractivity contribution in [1.82, 2.24) is 9.55 Å². The number of nitrogen functional groups attached to an aromatic ring is 1. The van der Waals surface area contributed by atoms with Gasteiger partial charge >= 0.3 is 11.7 Å². The summed E-state index contributed by atoms with van der Waals surface area (Å²) in [5.74, 6) is 1.31. The van der Waals surface area contributed by atoms with Crippen LogP contribution in [0.2, 0.25) is 0 Å². The van der Waals surface area contributed by atoms with Gasteiger partial charge in [0.05, 0.1) is 18.3 Å². The Bertz CT molecular complexity index is 841. The molecular weight excluding hydrogens is 366 g/mol. The molecule has 1 saturated carbocycles. The number of rotatable bonds is 4. The second kappa shape index (κ2) is 7.91. The minimum atomic E-state index is -2.29. The molecule has 9 nitrogen and oxygen atoms in total. The number of terminal acetylenes is 1. The molecule has 4 N–H and O–H groups in total. The zero-order valence-electron chi connectivity index (χ0n) is 15.7. The van der Waals surface area contributed by atoms with Gasteiger partial charge in [-0.1, -0.05) is 25.2 Å². The van der Waals surface area contributed by atoms with Crippen LogP contribution in [0.25, 0.3) is 0 Å². The van der Waals surface area contributed by atoms with Gasteiger partial charge in [0.1, 0.15) is 18.0 Å². The summed E-state index contributed by atoms with van der Waals surface area (Å²) in [5, 5.41) is 20.9. The molecule has 9 heteroatoms. The van der Waals surface area contributed by atoms with Crippen LogP contribution >= 0.6 is 0 Å². The van der Waals surface area contributed by atoms with Crippen LogP contribution in [0.4, 0.5) is 5.82 Å². The molecule has 1 aromatic heterocycles.